The zero-order valence-electron chi connectivity index (χ0n) is 23.8. The first kappa shape index (κ1) is 29.1. The highest BCUT2D eigenvalue weighted by molar-refractivity contribution is 7.23. The summed E-state index contributed by atoms with van der Waals surface area (Å²) in [5.41, 5.74) is 4.92. The number of amides is 2. The molecule has 5 aromatic rings. The minimum atomic E-state index is -0.376. The van der Waals surface area contributed by atoms with Gasteiger partial charge in [0.2, 0.25) is 0 Å². The van der Waals surface area contributed by atoms with Gasteiger partial charge in [-0.05, 0) is 36.4 Å². The van der Waals surface area contributed by atoms with Crippen molar-refractivity contribution in [3.8, 4) is 11.3 Å². The molecule has 1 fully saturated rings. The number of anilines is 2. The SMILES string of the molecule is CCN1CCN(Cc2ccc3sc4nc(-c5ccc(NC(=O)Nc6cc(C(C)(C)C)on6)cc5)cn4c3c2)CC1.Cl. The molecule has 1 aliphatic heterocycles. The number of urea groups is 1. The van der Waals surface area contributed by atoms with Gasteiger partial charge in [0, 0.05) is 61.7 Å². The number of imidazole rings is 1. The number of fused-ring (bicyclic) bond motifs is 3. The molecule has 9 nitrogen and oxygen atoms in total. The highest BCUT2D eigenvalue weighted by Gasteiger charge is 2.20. The highest BCUT2D eigenvalue weighted by atomic mass is 35.5. The maximum Gasteiger partial charge on any atom is 0.324 e. The van der Waals surface area contributed by atoms with E-state index in [1.165, 1.54) is 15.8 Å². The van der Waals surface area contributed by atoms with Crippen LogP contribution < -0.4 is 10.6 Å². The fraction of sp³-hybridized carbons (Fsp3) is 0.367. The van der Waals surface area contributed by atoms with Crippen molar-refractivity contribution in [2.75, 3.05) is 43.4 Å². The Labute approximate surface area is 249 Å². The highest BCUT2D eigenvalue weighted by Crippen LogP contribution is 2.31. The minimum Gasteiger partial charge on any atom is -0.359 e. The number of likely N-dealkylation sites (N-methyl/N-ethyl adjacent to an activating group) is 1. The monoisotopic (exact) mass is 593 g/mol. The van der Waals surface area contributed by atoms with E-state index in [2.05, 4.69) is 61.3 Å². The molecule has 0 atom stereocenters. The maximum atomic E-state index is 12.5. The van der Waals surface area contributed by atoms with Crippen molar-refractivity contribution in [2.45, 2.75) is 39.7 Å². The van der Waals surface area contributed by atoms with Crippen molar-refractivity contribution < 1.29 is 9.32 Å². The lowest BCUT2D eigenvalue weighted by Gasteiger charge is -2.34. The summed E-state index contributed by atoms with van der Waals surface area (Å²) < 4.78 is 8.76. The molecule has 4 heterocycles. The molecule has 1 saturated heterocycles. The van der Waals surface area contributed by atoms with E-state index in [4.69, 9.17) is 9.51 Å². The summed E-state index contributed by atoms with van der Waals surface area (Å²) in [5, 5.41) is 9.50. The summed E-state index contributed by atoms with van der Waals surface area (Å²) in [6, 6.07) is 15.8. The molecule has 2 N–H and O–H groups in total. The molecular formula is C30H36ClN7O2S. The van der Waals surface area contributed by atoms with E-state index in [9.17, 15) is 4.79 Å². The first-order chi connectivity index (χ1) is 19.2. The van der Waals surface area contributed by atoms with Gasteiger partial charge in [-0.25, -0.2) is 9.78 Å². The average molecular weight is 594 g/mol. The predicted molar refractivity (Wildman–Crippen MR) is 168 cm³/mol. The maximum absolute atomic E-state index is 12.5. The number of piperazine rings is 1. The van der Waals surface area contributed by atoms with Gasteiger partial charge >= 0.3 is 6.03 Å². The Morgan fingerprint density at radius 2 is 1.73 bits per heavy atom. The van der Waals surface area contributed by atoms with Crippen LogP contribution in [-0.4, -0.2) is 63.1 Å². The van der Waals surface area contributed by atoms with Crippen molar-refractivity contribution in [2.24, 2.45) is 0 Å². The molecule has 6 rings (SSSR count). The Morgan fingerprint density at radius 1 is 1.00 bits per heavy atom. The number of nitrogens with one attached hydrogen (secondary N) is 2. The number of halogens is 1. The quantitative estimate of drug-likeness (QED) is 0.227. The fourth-order valence-corrected chi connectivity index (χ4v) is 5.98. The molecule has 2 aromatic carbocycles. The number of aromatic nitrogens is 3. The summed E-state index contributed by atoms with van der Waals surface area (Å²) in [7, 11) is 0. The smallest absolute Gasteiger partial charge is 0.324 e. The molecule has 0 radical (unpaired) electrons. The molecule has 1 aliphatic rings. The van der Waals surface area contributed by atoms with Crippen molar-refractivity contribution in [3.05, 3.63) is 66.1 Å². The van der Waals surface area contributed by atoms with E-state index in [-0.39, 0.29) is 23.9 Å². The van der Waals surface area contributed by atoms with E-state index >= 15 is 0 Å². The van der Waals surface area contributed by atoms with Crippen molar-refractivity contribution in [1.82, 2.24) is 24.3 Å². The molecule has 2 amide bonds. The number of thiazole rings is 1. The van der Waals surface area contributed by atoms with Crippen LogP contribution in [0.15, 0.2) is 59.3 Å². The van der Waals surface area contributed by atoms with Gasteiger partial charge in [0.1, 0.15) is 5.76 Å². The van der Waals surface area contributed by atoms with Crippen molar-refractivity contribution in [1.29, 1.82) is 0 Å². The Bertz CT molecular complexity index is 1640. The third-order valence-electron chi connectivity index (χ3n) is 7.41. The van der Waals surface area contributed by atoms with Crippen LogP contribution in [0.1, 0.15) is 39.0 Å². The van der Waals surface area contributed by atoms with Gasteiger partial charge in [0.05, 0.1) is 15.9 Å². The molecular weight excluding hydrogens is 558 g/mol. The molecule has 0 aliphatic carbocycles. The van der Waals surface area contributed by atoms with E-state index in [1.807, 2.05) is 45.0 Å². The average Bonchev–Trinajstić information content (AvgIpc) is 3.65. The summed E-state index contributed by atoms with van der Waals surface area (Å²) in [4.78, 5) is 23.4. The number of nitrogens with zero attached hydrogens (tertiary/aromatic N) is 5. The lowest BCUT2D eigenvalue weighted by atomic mass is 9.93. The Morgan fingerprint density at radius 3 is 2.41 bits per heavy atom. The molecule has 0 spiro atoms. The normalized spacial score (nSPS) is 14.8. The van der Waals surface area contributed by atoms with Gasteiger partial charge in [-0.1, -0.05) is 62.4 Å². The summed E-state index contributed by atoms with van der Waals surface area (Å²) >= 11 is 1.70. The van der Waals surface area contributed by atoms with Gasteiger partial charge in [0.15, 0.2) is 10.8 Å². The first-order valence-electron chi connectivity index (χ1n) is 13.8. The fourth-order valence-electron chi connectivity index (χ4n) is 4.99. The second kappa shape index (κ2) is 11.8. The van der Waals surface area contributed by atoms with E-state index in [0.717, 1.165) is 55.5 Å². The van der Waals surface area contributed by atoms with Gasteiger partial charge in [-0.3, -0.25) is 14.6 Å². The molecule has 11 heteroatoms. The van der Waals surface area contributed by atoms with Crippen LogP contribution in [0.3, 0.4) is 0 Å². The van der Waals surface area contributed by atoms with Gasteiger partial charge in [-0.2, -0.15) is 0 Å². The van der Waals surface area contributed by atoms with Gasteiger partial charge in [0.25, 0.3) is 0 Å². The second-order valence-corrected chi connectivity index (χ2v) is 12.4. The number of carbonyl (C=O) groups is 1. The minimum absolute atomic E-state index is 0. The summed E-state index contributed by atoms with van der Waals surface area (Å²) in [6.07, 6.45) is 2.10. The van der Waals surface area contributed by atoms with E-state index in [0.29, 0.717) is 17.3 Å². The summed E-state index contributed by atoms with van der Waals surface area (Å²) in [6.45, 7) is 14.9. The van der Waals surface area contributed by atoms with Gasteiger partial charge in [-0.15, -0.1) is 12.4 Å². The topological polar surface area (TPSA) is 90.9 Å². The van der Waals surface area contributed by atoms with Crippen molar-refractivity contribution in [3.63, 3.8) is 0 Å². The molecule has 0 bridgehead atoms. The van der Waals surface area contributed by atoms with Crippen molar-refractivity contribution >= 4 is 56.5 Å². The van der Waals surface area contributed by atoms with E-state index < -0.39 is 0 Å². The van der Waals surface area contributed by atoms with Crippen LogP contribution in [0.2, 0.25) is 0 Å². The second-order valence-electron chi connectivity index (χ2n) is 11.4. The number of carbonyl (C=O) groups excluding carboxylic acids is 1. The molecule has 0 saturated carbocycles. The first-order valence-corrected chi connectivity index (χ1v) is 14.6. The molecule has 216 valence electrons. The van der Waals surface area contributed by atoms with Crippen LogP contribution in [0.5, 0.6) is 0 Å². The third-order valence-corrected chi connectivity index (χ3v) is 8.44. The Kier molecular flexibility index (Phi) is 8.37. The number of rotatable bonds is 6. The lowest BCUT2D eigenvalue weighted by Crippen LogP contribution is -2.45. The van der Waals surface area contributed by atoms with Gasteiger partial charge < -0.3 is 14.7 Å². The van der Waals surface area contributed by atoms with Crippen LogP contribution in [0.25, 0.3) is 26.4 Å². The zero-order valence-corrected chi connectivity index (χ0v) is 25.4. The summed E-state index contributed by atoms with van der Waals surface area (Å²) in [5.74, 6) is 1.09. The largest absolute Gasteiger partial charge is 0.359 e. The van der Waals surface area contributed by atoms with Crippen LogP contribution >= 0.6 is 23.7 Å². The molecule has 3 aromatic heterocycles. The number of hydrogen-bond acceptors (Lipinski definition) is 7. The number of benzene rings is 2. The van der Waals surface area contributed by atoms with E-state index in [1.54, 1.807) is 17.4 Å². The molecule has 0 unspecified atom stereocenters. The predicted octanol–water partition coefficient (Wildman–Crippen LogP) is 6.70. The van der Waals surface area contributed by atoms with Crippen LogP contribution in [0.4, 0.5) is 16.3 Å². The molecule has 41 heavy (non-hydrogen) atoms. The Hall–Kier alpha value is -3.44. The van der Waals surface area contributed by atoms with Crippen LogP contribution in [0, 0.1) is 0 Å². The van der Waals surface area contributed by atoms with Crippen LogP contribution in [-0.2, 0) is 12.0 Å². The zero-order chi connectivity index (χ0) is 27.9. The lowest BCUT2D eigenvalue weighted by molar-refractivity contribution is 0.132. The third kappa shape index (κ3) is 6.41. The Balaban J connectivity index is 0.00000337. The number of hydrogen-bond donors (Lipinski definition) is 2. The standard InChI is InChI=1S/C30H35N7O2S.ClH/c1-5-35-12-14-36(15-13-35)18-20-6-11-25-24(16-20)37-19-23(32-29(37)40-25)21-7-9-22(10-8-21)31-28(38)33-27-17-26(39-34-27)30(2,3)4;/h6-11,16-17,19H,5,12-15,18H2,1-4H3,(H2,31,33,34,38);1H.